The van der Waals surface area contributed by atoms with E-state index in [-0.39, 0.29) is 23.0 Å². The summed E-state index contributed by atoms with van der Waals surface area (Å²) in [5.74, 6) is 0.311. The highest BCUT2D eigenvalue weighted by atomic mass is 79.9. The van der Waals surface area contributed by atoms with E-state index in [9.17, 15) is 14.4 Å². The summed E-state index contributed by atoms with van der Waals surface area (Å²) in [7, 11) is 1.72. The normalized spacial score (nSPS) is 13.1. The van der Waals surface area contributed by atoms with E-state index in [0.717, 1.165) is 54.9 Å². The molecule has 0 atom stereocenters. The van der Waals surface area contributed by atoms with Crippen LogP contribution in [0.2, 0.25) is 0 Å². The van der Waals surface area contributed by atoms with Crippen molar-refractivity contribution in [3.8, 4) is 0 Å². The quantitative estimate of drug-likeness (QED) is 0.108. The van der Waals surface area contributed by atoms with Gasteiger partial charge in [-0.2, -0.15) is 0 Å². The van der Waals surface area contributed by atoms with Crippen molar-refractivity contribution >= 4 is 99.9 Å². The number of aryl methyl sites for hydroxylation is 2. The first-order chi connectivity index (χ1) is 19.4. The van der Waals surface area contributed by atoms with Gasteiger partial charge in [0.25, 0.3) is 5.56 Å². The van der Waals surface area contributed by atoms with Gasteiger partial charge >= 0.3 is 0 Å². The van der Waals surface area contributed by atoms with Crippen LogP contribution in [0.3, 0.4) is 0 Å². The Hall–Kier alpha value is -2.51. The summed E-state index contributed by atoms with van der Waals surface area (Å²) in [4.78, 5) is 49.8. The van der Waals surface area contributed by atoms with Crippen molar-refractivity contribution in [1.82, 2.24) is 14.5 Å². The molecule has 1 aliphatic carbocycles. The van der Waals surface area contributed by atoms with Crippen LogP contribution in [0.25, 0.3) is 20.4 Å². The number of rotatable bonds is 8. The first-order valence-corrected chi connectivity index (χ1v) is 17.0. The van der Waals surface area contributed by atoms with Crippen LogP contribution < -0.4 is 10.9 Å². The largest absolute Gasteiger partial charge is 0.325 e. The summed E-state index contributed by atoms with van der Waals surface area (Å²) >= 11 is 9.17. The number of hydrogen-bond donors (Lipinski definition) is 1. The number of halogens is 1. The Morgan fingerprint density at radius 3 is 2.65 bits per heavy atom. The van der Waals surface area contributed by atoms with Crippen LogP contribution in [0.5, 0.6) is 0 Å². The third-order valence-electron chi connectivity index (χ3n) is 6.63. The predicted octanol–water partition coefficient (Wildman–Crippen LogP) is 6.95. The molecule has 204 valence electrons. The molecule has 0 spiro atoms. The van der Waals surface area contributed by atoms with E-state index in [1.54, 1.807) is 35.1 Å². The average Bonchev–Trinajstić information content (AvgIpc) is 3.53. The Labute approximate surface area is 254 Å². The third-order valence-corrected chi connectivity index (χ3v) is 11.5. The van der Waals surface area contributed by atoms with E-state index in [2.05, 4.69) is 26.2 Å². The number of carbonyl (C=O) groups is 2. The Balaban J connectivity index is 1.09. The van der Waals surface area contributed by atoms with E-state index in [0.29, 0.717) is 22.2 Å². The molecular weight excluding hydrogens is 649 g/mol. The Kier molecular flexibility index (Phi) is 8.14. The fourth-order valence-corrected chi connectivity index (χ4v) is 8.95. The van der Waals surface area contributed by atoms with Gasteiger partial charge in [-0.15, -0.1) is 22.7 Å². The molecule has 3 heterocycles. The number of hydrogen-bond acceptors (Lipinski definition) is 9. The molecule has 0 bridgehead atoms. The molecule has 12 heteroatoms. The number of Topliss-reactive ketones (excluding diaryl/α,β-unsaturated/α-hetero) is 1. The van der Waals surface area contributed by atoms with Gasteiger partial charge in [-0.05, 0) is 61.6 Å². The second-order valence-electron chi connectivity index (χ2n) is 9.37. The van der Waals surface area contributed by atoms with E-state index in [1.165, 1.54) is 45.3 Å². The number of anilines is 1. The summed E-state index contributed by atoms with van der Waals surface area (Å²) in [6.45, 7) is 0. The maximum absolute atomic E-state index is 13.1. The lowest BCUT2D eigenvalue weighted by molar-refractivity contribution is -0.113. The van der Waals surface area contributed by atoms with Crippen LogP contribution in [0.15, 0.2) is 61.2 Å². The SMILES string of the molecule is Cn1c(SCC(=O)Nc2ccc3nc(SCC(=O)c4ccc(Br)cc4)sc3c2)nc2sc3c(c2c1=O)CCCC3. The van der Waals surface area contributed by atoms with Gasteiger partial charge in [0.15, 0.2) is 15.3 Å². The monoisotopic (exact) mass is 670 g/mol. The number of thioether (sulfide) groups is 2. The minimum absolute atomic E-state index is 0.0323. The molecule has 0 saturated heterocycles. The number of benzene rings is 2. The lowest BCUT2D eigenvalue weighted by atomic mass is 9.97. The maximum atomic E-state index is 13.1. The minimum Gasteiger partial charge on any atom is -0.325 e. The van der Waals surface area contributed by atoms with Gasteiger partial charge in [-0.25, -0.2) is 9.97 Å². The number of thiophene rings is 1. The predicted molar refractivity (Wildman–Crippen MR) is 170 cm³/mol. The van der Waals surface area contributed by atoms with Crippen LogP contribution in [0, 0.1) is 0 Å². The maximum Gasteiger partial charge on any atom is 0.262 e. The highest BCUT2D eigenvalue weighted by Gasteiger charge is 2.21. The molecule has 3 aromatic heterocycles. The van der Waals surface area contributed by atoms with Crippen molar-refractivity contribution in [2.75, 3.05) is 16.8 Å². The molecule has 1 N–H and O–H groups in total. The zero-order valence-electron chi connectivity index (χ0n) is 21.4. The highest BCUT2D eigenvalue weighted by molar-refractivity contribution is 9.10. The van der Waals surface area contributed by atoms with Gasteiger partial charge in [-0.1, -0.05) is 51.6 Å². The molecule has 0 saturated carbocycles. The van der Waals surface area contributed by atoms with E-state index >= 15 is 0 Å². The summed E-state index contributed by atoms with van der Waals surface area (Å²) in [5, 5.41) is 4.24. The lowest BCUT2D eigenvalue weighted by Gasteiger charge is -2.11. The molecule has 1 aliphatic rings. The fraction of sp³-hybridized carbons (Fsp3) is 0.250. The lowest BCUT2D eigenvalue weighted by Crippen LogP contribution is -2.21. The van der Waals surface area contributed by atoms with Crippen molar-refractivity contribution < 1.29 is 9.59 Å². The summed E-state index contributed by atoms with van der Waals surface area (Å²) in [6.07, 6.45) is 4.22. The summed E-state index contributed by atoms with van der Waals surface area (Å²) in [5.41, 5.74) is 3.30. The van der Waals surface area contributed by atoms with Crippen LogP contribution in [-0.4, -0.2) is 37.7 Å². The number of carbonyl (C=O) groups excluding carboxylic acids is 2. The van der Waals surface area contributed by atoms with Crippen molar-refractivity contribution in [1.29, 1.82) is 0 Å². The van der Waals surface area contributed by atoms with Crippen LogP contribution in [0.4, 0.5) is 5.69 Å². The number of ketones is 1. The third kappa shape index (κ3) is 5.78. The van der Waals surface area contributed by atoms with Crippen molar-refractivity contribution in [3.05, 3.63) is 73.3 Å². The topological polar surface area (TPSA) is 93.9 Å². The number of fused-ring (bicyclic) bond motifs is 4. The van der Waals surface area contributed by atoms with Crippen molar-refractivity contribution in [2.45, 2.75) is 35.2 Å². The highest BCUT2D eigenvalue weighted by Crippen LogP contribution is 2.35. The first kappa shape index (κ1) is 27.6. The van der Waals surface area contributed by atoms with Crippen LogP contribution >= 0.6 is 62.1 Å². The Morgan fingerprint density at radius 1 is 1.02 bits per heavy atom. The van der Waals surface area contributed by atoms with Crippen LogP contribution in [-0.2, 0) is 24.7 Å². The molecule has 0 fully saturated rings. The van der Waals surface area contributed by atoms with E-state index in [1.807, 2.05) is 30.3 Å². The van der Waals surface area contributed by atoms with Crippen LogP contribution in [0.1, 0.15) is 33.6 Å². The van der Waals surface area contributed by atoms with Crippen molar-refractivity contribution in [2.24, 2.45) is 7.05 Å². The fourth-order valence-electron chi connectivity index (χ4n) is 4.61. The Morgan fingerprint density at radius 2 is 1.82 bits per heavy atom. The molecule has 5 aromatic rings. The smallest absolute Gasteiger partial charge is 0.262 e. The van der Waals surface area contributed by atoms with Gasteiger partial charge < -0.3 is 5.32 Å². The second kappa shape index (κ2) is 11.8. The Bertz CT molecular complexity index is 1830. The number of thiazole rings is 1. The standard InChI is InChI=1S/C28H23BrN4O3S4/c1-33-26(36)24-18-4-2-3-5-21(18)39-25(24)32-27(33)37-14-23(35)30-17-10-11-19-22(12-17)40-28(31-19)38-13-20(34)15-6-8-16(29)9-7-15/h6-12H,2-5,13-14H2,1H3,(H,30,35). The number of amides is 1. The van der Waals surface area contributed by atoms with Gasteiger partial charge in [0, 0.05) is 27.6 Å². The molecule has 0 aliphatic heterocycles. The molecule has 2 aromatic carbocycles. The zero-order chi connectivity index (χ0) is 27.8. The van der Waals surface area contributed by atoms with Gasteiger partial charge in [-0.3, -0.25) is 19.0 Å². The second-order valence-corrected chi connectivity index (χ2v) is 14.6. The molecule has 0 radical (unpaired) electrons. The zero-order valence-corrected chi connectivity index (χ0v) is 26.2. The number of aromatic nitrogens is 3. The number of nitrogens with one attached hydrogen (secondary N) is 1. The van der Waals surface area contributed by atoms with E-state index in [4.69, 9.17) is 4.98 Å². The molecule has 7 nitrogen and oxygen atoms in total. The van der Waals surface area contributed by atoms with Gasteiger partial charge in [0.1, 0.15) is 4.83 Å². The van der Waals surface area contributed by atoms with Crippen molar-refractivity contribution in [3.63, 3.8) is 0 Å². The van der Waals surface area contributed by atoms with Gasteiger partial charge in [0.05, 0.1) is 27.1 Å². The molecule has 1 amide bonds. The molecular formula is C28H23BrN4O3S4. The molecule has 0 unspecified atom stereocenters. The number of nitrogens with zero attached hydrogens (tertiary/aromatic N) is 3. The average molecular weight is 672 g/mol. The molecule has 40 heavy (non-hydrogen) atoms. The molecule has 6 rings (SSSR count). The van der Waals surface area contributed by atoms with Gasteiger partial charge in [0.2, 0.25) is 5.91 Å². The minimum atomic E-state index is -0.177. The van der Waals surface area contributed by atoms with E-state index < -0.39 is 0 Å². The summed E-state index contributed by atoms with van der Waals surface area (Å²) in [6, 6.07) is 12.9. The summed E-state index contributed by atoms with van der Waals surface area (Å²) < 4.78 is 4.23. The first-order valence-electron chi connectivity index (χ1n) is 12.6.